The standard InChI is InChI=1S/C20H16N4O4S2/c1-28-18-5-3-2-4-14(18)12-15(13-21)19(25)23-16-6-8-17(9-7-16)30(26,27)24-20-22-10-11-29-20/h2-12H,1H3,(H,22,24)(H,23,25)/b15-12+. The summed E-state index contributed by atoms with van der Waals surface area (Å²) < 4.78 is 32.3. The lowest BCUT2D eigenvalue weighted by Crippen LogP contribution is -2.15. The van der Waals surface area contributed by atoms with Gasteiger partial charge in [-0.3, -0.25) is 9.52 Å². The summed E-state index contributed by atoms with van der Waals surface area (Å²) in [6, 6.07) is 14.4. The second-order valence-electron chi connectivity index (χ2n) is 5.83. The van der Waals surface area contributed by atoms with Gasteiger partial charge in [0.15, 0.2) is 5.13 Å². The summed E-state index contributed by atoms with van der Waals surface area (Å²) in [5, 5.41) is 13.9. The van der Waals surface area contributed by atoms with Gasteiger partial charge >= 0.3 is 0 Å². The van der Waals surface area contributed by atoms with Gasteiger partial charge in [0.2, 0.25) is 0 Å². The monoisotopic (exact) mass is 440 g/mol. The number of methoxy groups -OCH3 is 1. The summed E-state index contributed by atoms with van der Waals surface area (Å²) in [6.45, 7) is 0. The lowest BCUT2D eigenvalue weighted by atomic mass is 10.1. The largest absolute Gasteiger partial charge is 0.496 e. The highest BCUT2D eigenvalue weighted by Crippen LogP contribution is 2.22. The van der Waals surface area contributed by atoms with Crippen LogP contribution in [0, 0.1) is 11.3 Å². The van der Waals surface area contributed by atoms with E-state index in [2.05, 4.69) is 15.0 Å². The average molecular weight is 441 g/mol. The van der Waals surface area contributed by atoms with Gasteiger partial charge in [-0.15, -0.1) is 11.3 Å². The minimum absolute atomic E-state index is 0.0146. The summed E-state index contributed by atoms with van der Waals surface area (Å²) in [5.41, 5.74) is 0.803. The molecule has 1 heterocycles. The lowest BCUT2D eigenvalue weighted by Gasteiger charge is -2.08. The van der Waals surface area contributed by atoms with Crippen LogP contribution in [0.3, 0.4) is 0 Å². The minimum Gasteiger partial charge on any atom is -0.496 e. The zero-order chi connectivity index (χ0) is 21.6. The molecule has 0 aliphatic carbocycles. The SMILES string of the molecule is COc1ccccc1/C=C(\C#N)C(=O)Nc1ccc(S(=O)(=O)Nc2nccs2)cc1. The molecule has 30 heavy (non-hydrogen) atoms. The van der Waals surface area contributed by atoms with Crippen molar-refractivity contribution in [1.82, 2.24) is 4.98 Å². The van der Waals surface area contributed by atoms with E-state index in [4.69, 9.17) is 4.74 Å². The molecule has 3 aromatic rings. The number of benzene rings is 2. The fourth-order valence-corrected chi connectivity index (χ4v) is 4.24. The summed E-state index contributed by atoms with van der Waals surface area (Å²) in [4.78, 5) is 16.4. The molecule has 1 amide bonds. The maximum absolute atomic E-state index is 12.5. The smallest absolute Gasteiger partial charge is 0.266 e. The number of nitrogens with one attached hydrogen (secondary N) is 2. The molecule has 3 rings (SSSR count). The number of rotatable bonds is 7. The molecule has 0 aliphatic heterocycles. The number of para-hydroxylation sites is 1. The zero-order valence-corrected chi connectivity index (χ0v) is 17.3. The van der Waals surface area contributed by atoms with Crippen LogP contribution in [-0.4, -0.2) is 26.4 Å². The van der Waals surface area contributed by atoms with Gasteiger partial charge in [0.1, 0.15) is 17.4 Å². The summed E-state index contributed by atoms with van der Waals surface area (Å²) >= 11 is 1.16. The number of amides is 1. The van der Waals surface area contributed by atoms with Gasteiger partial charge in [-0.05, 0) is 36.4 Å². The molecule has 0 aliphatic rings. The first kappa shape index (κ1) is 21.0. The number of ether oxygens (including phenoxy) is 1. The molecule has 2 N–H and O–H groups in total. The Hall–Kier alpha value is -3.68. The third kappa shape index (κ3) is 5.02. The van der Waals surface area contributed by atoms with Gasteiger partial charge in [-0.2, -0.15) is 5.26 Å². The van der Waals surface area contributed by atoms with E-state index >= 15 is 0 Å². The van der Waals surface area contributed by atoms with E-state index in [-0.39, 0.29) is 15.6 Å². The first-order valence-electron chi connectivity index (χ1n) is 8.51. The van der Waals surface area contributed by atoms with Crippen molar-refractivity contribution in [3.05, 3.63) is 71.2 Å². The van der Waals surface area contributed by atoms with Gasteiger partial charge in [0.05, 0.1) is 12.0 Å². The molecule has 0 bridgehead atoms. The van der Waals surface area contributed by atoms with Crippen LogP contribution in [0.4, 0.5) is 10.8 Å². The maximum Gasteiger partial charge on any atom is 0.266 e. The Bertz CT molecular complexity index is 1210. The molecule has 0 spiro atoms. The number of nitrogens with zero attached hydrogens (tertiary/aromatic N) is 2. The third-order valence-corrected chi connectivity index (χ3v) is 6.05. The van der Waals surface area contributed by atoms with Crippen LogP contribution in [0.25, 0.3) is 6.08 Å². The Morgan fingerprint density at radius 3 is 2.57 bits per heavy atom. The van der Waals surface area contributed by atoms with Gasteiger partial charge in [-0.1, -0.05) is 18.2 Å². The Kier molecular flexibility index (Phi) is 6.46. The average Bonchev–Trinajstić information content (AvgIpc) is 3.24. The number of hydrogen-bond donors (Lipinski definition) is 2. The molecule has 10 heteroatoms. The summed E-state index contributed by atoms with van der Waals surface area (Å²) in [5.74, 6) is -0.0970. The van der Waals surface area contributed by atoms with Crippen molar-refractivity contribution in [2.24, 2.45) is 0 Å². The van der Waals surface area contributed by atoms with Crippen molar-refractivity contribution < 1.29 is 17.9 Å². The molecule has 0 saturated carbocycles. The highest BCUT2D eigenvalue weighted by Gasteiger charge is 2.16. The van der Waals surface area contributed by atoms with Crippen molar-refractivity contribution >= 4 is 44.2 Å². The van der Waals surface area contributed by atoms with Crippen LogP contribution in [0.2, 0.25) is 0 Å². The minimum atomic E-state index is -3.79. The number of hydrogen-bond acceptors (Lipinski definition) is 7. The normalized spacial score (nSPS) is 11.4. The highest BCUT2D eigenvalue weighted by atomic mass is 32.2. The number of aromatic nitrogens is 1. The predicted molar refractivity (Wildman–Crippen MR) is 115 cm³/mol. The van der Waals surface area contributed by atoms with Crippen molar-refractivity contribution in [1.29, 1.82) is 5.26 Å². The van der Waals surface area contributed by atoms with Gasteiger partial charge < -0.3 is 10.1 Å². The molecule has 2 aromatic carbocycles. The summed E-state index contributed by atoms with van der Waals surface area (Å²) in [6.07, 6.45) is 2.91. The van der Waals surface area contributed by atoms with Gasteiger partial charge in [0, 0.05) is 22.8 Å². The van der Waals surface area contributed by atoms with E-state index in [0.717, 1.165) is 11.3 Å². The van der Waals surface area contributed by atoms with Crippen molar-refractivity contribution in [3.8, 4) is 11.8 Å². The second-order valence-corrected chi connectivity index (χ2v) is 8.41. The van der Waals surface area contributed by atoms with Crippen LogP contribution in [-0.2, 0) is 14.8 Å². The van der Waals surface area contributed by atoms with Crippen LogP contribution >= 0.6 is 11.3 Å². The molecule has 152 valence electrons. The predicted octanol–water partition coefficient (Wildman–Crippen LogP) is 3.50. The van der Waals surface area contributed by atoms with E-state index < -0.39 is 15.9 Å². The van der Waals surface area contributed by atoms with E-state index in [1.807, 2.05) is 6.07 Å². The summed E-state index contributed by atoms with van der Waals surface area (Å²) in [7, 11) is -2.29. The number of anilines is 2. The van der Waals surface area contributed by atoms with E-state index in [0.29, 0.717) is 17.0 Å². The van der Waals surface area contributed by atoms with Gasteiger partial charge in [0.25, 0.3) is 15.9 Å². The molecule has 0 unspecified atom stereocenters. The topological polar surface area (TPSA) is 121 Å². The van der Waals surface area contributed by atoms with Crippen molar-refractivity contribution in [2.45, 2.75) is 4.90 Å². The Morgan fingerprint density at radius 2 is 1.93 bits per heavy atom. The maximum atomic E-state index is 12.5. The fraction of sp³-hybridized carbons (Fsp3) is 0.0500. The van der Waals surface area contributed by atoms with Crippen LogP contribution in [0.5, 0.6) is 5.75 Å². The fourth-order valence-electron chi connectivity index (χ4n) is 2.45. The van der Waals surface area contributed by atoms with Crippen LogP contribution in [0.1, 0.15) is 5.56 Å². The number of carbonyl (C=O) groups excluding carboxylic acids is 1. The molecule has 0 radical (unpaired) electrons. The molecule has 1 aromatic heterocycles. The third-order valence-electron chi connectivity index (χ3n) is 3.88. The number of nitriles is 1. The van der Waals surface area contributed by atoms with E-state index in [9.17, 15) is 18.5 Å². The second kappa shape index (κ2) is 9.21. The molecular weight excluding hydrogens is 424 g/mol. The number of carbonyl (C=O) groups is 1. The van der Waals surface area contributed by atoms with E-state index in [1.165, 1.54) is 43.6 Å². The highest BCUT2D eigenvalue weighted by molar-refractivity contribution is 7.93. The zero-order valence-electron chi connectivity index (χ0n) is 15.7. The molecule has 0 fully saturated rings. The Balaban J connectivity index is 1.75. The quantitative estimate of drug-likeness (QED) is 0.428. The van der Waals surface area contributed by atoms with Gasteiger partial charge in [-0.25, -0.2) is 13.4 Å². The first-order chi connectivity index (χ1) is 14.4. The molecular formula is C20H16N4O4S2. The Labute approximate surface area is 177 Å². The molecule has 0 saturated heterocycles. The number of thiazole rings is 1. The number of sulfonamides is 1. The molecule has 8 nitrogen and oxygen atoms in total. The lowest BCUT2D eigenvalue weighted by molar-refractivity contribution is -0.112. The van der Waals surface area contributed by atoms with Crippen LogP contribution in [0.15, 0.2) is 70.6 Å². The van der Waals surface area contributed by atoms with Crippen molar-refractivity contribution in [3.63, 3.8) is 0 Å². The van der Waals surface area contributed by atoms with E-state index in [1.54, 1.807) is 29.6 Å². The first-order valence-corrected chi connectivity index (χ1v) is 10.9. The van der Waals surface area contributed by atoms with Crippen LogP contribution < -0.4 is 14.8 Å². The van der Waals surface area contributed by atoms with Crippen molar-refractivity contribution in [2.75, 3.05) is 17.1 Å². The molecule has 0 atom stereocenters. The Morgan fingerprint density at radius 1 is 1.20 bits per heavy atom.